The molecule has 0 unspecified atom stereocenters. The van der Waals surface area contributed by atoms with Gasteiger partial charge in [0.1, 0.15) is 38.5 Å². The predicted molar refractivity (Wildman–Crippen MR) is 86.0 cm³/mol. The molecule has 1 fully saturated rings. The van der Waals surface area contributed by atoms with Crippen molar-refractivity contribution in [1.29, 1.82) is 0 Å². The van der Waals surface area contributed by atoms with E-state index in [0.29, 0.717) is 0 Å². The van der Waals surface area contributed by atoms with Gasteiger partial charge < -0.3 is 19.4 Å². The van der Waals surface area contributed by atoms with E-state index in [1.807, 2.05) is 36.4 Å². The third-order valence-electron chi connectivity index (χ3n) is 4.02. The SMILES string of the molecule is Clc1cccc(-c2ccc(C[NH2+]CC[NH+]3CCOCC3)o2)c1. The van der Waals surface area contributed by atoms with Crippen LogP contribution in [0.4, 0.5) is 0 Å². The Balaban J connectivity index is 1.45. The van der Waals surface area contributed by atoms with Gasteiger partial charge in [0.15, 0.2) is 5.76 Å². The summed E-state index contributed by atoms with van der Waals surface area (Å²) in [7, 11) is 0. The van der Waals surface area contributed by atoms with E-state index in [1.165, 1.54) is 6.54 Å². The van der Waals surface area contributed by atoms with E-state index in [9.17, 15) is 0 Å². The Morgan fingerprint density at radius 2 is 2.00 bits per heavy atom. The zero-order valence-electron chi connectivity index (χ0n) is 12.7. The second-order valence-corrected chi connectivity index (χ2v) is 6.11. The Labute approximate surface area is 136 Å². The lowest BCUT2D eigenvalue weighted by atomic mass is 10.2. The maximum Gasteiger partial charge on any atom is 0.158 e. The third kappa shape index (κ3) is 4.34. The molecule has 0 saturated carbocycles. The van der Waals surface area contributed by atoms with Gasteiger partial charge in [0.05, 0.1) is 13.2 Å². The lowest BCUT2D eigenvalue weighted by molar-refractivity contribution is -0.920. The summed E-state index contributed by atoms with van der Waals surface area (Å²) in [6, 6.07) is 11.8. The summed E-state index contributed by atoms with van der Waals surface area (Å²) in [5.41, 5.74) is 1.02. The molecule has 4 nitrogen and oxygen atoms in total. The molecular weight excluding hydrogens is 300 g/mol. The van der Waals surface area contributed by atoms with Crippen LogP contribution in [0.5, 0.6) is 0 Å². The second kappa shape index (κ2) is 7.79. The van der Waals surface area contributed by atoms with Crippen molar-refractivity contribution in [3.05, 3.63) is 47.2 Å². The number of halogens is 1. The smallest absolute Gasteiger partial charge is 0.158 e. The first-order chi connectivity index (χ1) is 10.8. The molecule has 1 aliphatic heterocycles. The van der Waals surface area contributed by atoms with Crippen LogP contribution < -0.4 is 10.2 Å². The van der Waals surface area contributed by atoms with E-state index in [1.54, 1.807) is 4.90 Å². The Morgan fingerprint density at radius 3 is 2.82 bits per heavy atom. The van der Waals surface area contributed by atoms with Crippen LogP contribution in [0.25, 0.3) is 11.3 Å². The largest absolute Gasteiger partial charge is 0.455 e. The fourth-order valence-corrected chi connectivity index (χ4v) is 2.94. The maximum absolute atomic E-state index is 6.02. The number of benzene rings is 1. The van der Waals surface area contributed by atoms with Gasteiger partial charge in [-0.25, -0.2) is 0 Å². The van der Waals surface area contributed by atoms with E-state index in [0.717, 1.165) is 61.5 Å². The minimum atomic E-state index is 0.732. The van der Waals surface area contributed by atoms with Crippen LogP contribution in [0.1, 0.15) is 5.76 Å². The van der Waals surface area contributed by atoms with E-state index < -0.39 is 0 Å². The Morgan fingerprint density at radius 1 is 1.14 bits per heavy atom. The molecule has 5 heteroatoms. The van der Waals surface area contributed by atoms with E-state index in [2.05, 4.69) is 5.32 Å². The van der Waals surface area contributed by atoms with E-state index >= 15 is 0 Å². The molecule has 0 bridgehead atoms. The number of morpholine rings is 1. The van der Waals surface area contributed by atoms with Crippen LogP contribution in [0, 0.1) is 0 Å². The second-order valence-electron chi connectivity index (χ2n) is 5.67. The zero-order chi connectivity index (χ0) is 15.2. The summed E-state index contributed by atoms with van der Waals surface area (Å²) in [4.78, 5) is 1.64. The Hall–Kier alpha value is -1.33. The van der Waals surface area contributed by atoms with Gasteiger partial charge in [0, 0.05) is 10.6 Å². The molecule has 0 amide bonds. The fourth-order valence-electron chi connectivity index (χ4n) is 2.75. The highest BCUT2D eigenvalue weighted by Gasteiger charge is 2.14. The summed E-state index contributed by atoms with van der Waals surface area (Å²) in [5.74, 6) is 1.89. The molecule has 1 aromatic heterocycles. The minimum absolute atomic E-state index is 0.732. The van der Waals surface area contributed by atoms with Crippen molar-refractivity contribution in [1.82, 2.24) is 0 Å². The first-order valence-electron chi connectivity index (χ1n) is 7.89. The van der Waals surface area contributed by atoms with Gasteiger partial charge in [0.25, 0.3) is 0 Å². The third-order valence-corrected chi connectivity index (χ3v) is 4.25. The topological polar surface area (TPSA) is 43.4 Å². The summed E-state index contributed by atoms with van der Waals surface area (Å²) >= 11 is 6.02. The lowest BCUT2D eigenvalue weighted by Gasteiger charge is -2.22. The number of ether oxygens (including phenoxy) is 1. The highest BCUT2D eigenvalue weighted by atomic mass is 35.5. The minimum Gasteiger partial charge on any atom is -0.455 e. The molecule has 0 radical (unpaired) electrons. The van der Waals surface area contributed by atoms with Crippen molar-refractivity contribution in [2.75, 3.05) is 39.4 Å². The van der Waals surface area contributed by atoms with Gasteiger partial charge in [-0.1, -0.05) is 23.7 Å². The quantitative estimate of drug-likeness (QED) is 0.764. The van der Waals surface area contributed by atoms with Gasteiger partial charge in [-0.15, -0.1) is 0 Å². The van der Waals surface area contributed by atoms with Gasteiger partial charge in [-0.2, -0.15) is 0 Å². The summed E-state index contributed by atoms with van der Waals surface area (Å²) in [6.07, 6.45) is 0. The maximum atomic E-state index is 6.02. The average Bonchev–Trinajstić information content (AvgIpc) is 3.02. The van der Waals surface area contributed by atoms with Crippen LogP contribution in [-0.4, -0.2) is 39.4 Å². The number of furan rings is 1. The zero-order valence-corrected chi connectivity index (χ0v) is 13.4. The van der Waals surface area contributed by atoms with Crippen LogP contribution in [0.2, 0.25) is 5.02 Å². The van der Waals surface area contributed by atoms with Crippen molar-refractivity contribution in [3.63, 3.8) is 0 Å². The normalized spacial score (nSPS) is 16.0. The van der Waals surface area contributed by atoms with Crippen LogP contribution in [0.3, 0.4) is 0 Å². The molecule has 0 aliphatic carbocycles. The van der Waals surface area contributed by atoms with Gasteiger partial charge in [-0.3, -0.25) is 0 Å². The number of quaternary nitrogens is 2. The summed E-state index contributed by atoms with van der Waals surface area (Å²) in [5, 5.41) is 3.04. The van der Waals surface area contributed by atoms with Crippen molar-refractivity contribution < 1.29 is 19.4 Å². The molecule has 1 aromatic carbocycles. The molecule has 0 spiro atoms. The average molecular weight is 323 g/mol. The number of hydrogen-bond acceptors (Lipinski definition) is 2. The lowest BCUT2D eigenvalue weighted by Crippen LogP contribution is -3.16. The first-order valence-corrected chi connectivity index (χ1v) is 8.27. The predicted octanol–water partition coefficient (Wildman–Crippen LogP) is 0.579. The standard InChI is InChI=1S/C17H21ClN2O2/c18-15-3-1-2-14(12-15)17-5-4-16(22-17)13-19-6-7-20-8-10-21-11-9-20/h1-5,12,19H,6-11,13H2/p+2. The Bertz CT molecular complexity index is 594. The Kier molecular flexibility index (Phi) is 5.51. The summed E-state index contributed by atoms with van der Waals surface area (Å²) in [6.45, 7) is 7.24. The van der Waals surface area contributed by atoms with Gasteiger partial charge in [-0.05, 0) is 24.3 Å². The van der Waals surface area contributed by atoms with E-state index in [-0.39, 0.29) is 0 Å². The number of nitrogens with one attached hydrogen (secondary N) is 1. The van der Waals surface area contributed by atoms with Crippen molar-refractivity contribution in [2.24, 2.45) is 0 Å². The van der Waals surface area contributed by atoms with Gasteiger partial charge in [0.2, 0.25) is 0 Å². The van der Waals surface area contributed by atoms with Crippen LogP contribution >= 0.6 is 11.6 Å². The molecule has 22 heavy (non-hydrogen) atoms. The van der Waals surface area contributed by atoms with Crippen LogP contribution in [-0.2, 0) is 11.3 Å². The molecule has 2 heterocycles. The number of nitrogens with two attached hydrogens (primary N) is 1. The number of rotatable bonds is 6. The van der Waals surface area contributed by atoms with Crippen LogP contribution in [0.15, 0.2) is 40.8 Å². The molecule has 0 atom stereocenters. The van der Waals surface area contributed by atoms with Gasteiger partial charge >= 0.3 is 0 Å². The van der Waals surface area contributed by atoms with Crippen molar-refractivity contribution in [3.8, 4) is 11.3 Å². The summed E-state index contributed by atoms with van der Waals surface area (Å²) < 4.78 is 11.3. The monoisotopic (exact) mass is 322 g/mol. The molecule has 1 saturated heterocycles. The molecule has 118 valence electrons. The highest BCUT2D eigenvalue weighted by Crippen LogP contribution is 2.24. The van der Waals surface area contributed by atoms with Crippen molar-refractivity contribution >= 4 is 11.6 Å². The highest BCUT2D eigenvalue weighted by molar-refractivity contribution is 6.30. The van der Waals surface area contributed by atoms with Crippen molar-refractivity contribution in [2.45, 2.75) is 6.54 Å². The molecule has 2 aromatic rings. The fraction of sp³-hybridized carbons (Fsp3) is 0.412. The molecule has 1 aliphatic rings. The molecule has 3 N–H and O–H groups in total. The van der Waals surface area contributed by atoms with E-state index in [4.69, 9.17) is 20.8 Å². The number of hydrogen-bond donors (Lipinski definition) is 2. The molecule has 3 rings (SSSR count). The first kappa shape index (κ1) is 15.6. The molecular formula is C17H23ClN2O2+2.